The van der Waals surface area contributed by atoms with E-state index in [1.807, 2.05) is 0 Å². The largest absolute Gasteiger partial charge is 0.330 e. The van der Waals surface area contributed by atoms with Gasteiger partial charge in [0.05, 0.1) is 0 Å². The van der Waals surface area contributed by atoms with Crippen LogP contribution in [0.15, 0.2) is 11.1 Å². The summed E-state index contributed by atoms with van der Waals surface area (Å²) >= 11 is 1.07. The van der Waals surface area contributed by atoms with Crippen molar-refractivity contribution in [1.82, 2.24) is 5.32 Å². The van der Waals surface area contributed by atoms with Crippen molar-refractivity contribution in [2.24, 2.45) is 0 Å². The monoisotopic (exact) mass is 173 g/mol. The maximum absolute atomic E-state index is 10.5. The summed E-state index contributed by atoms with van der Waals surface area (Å²) in [6, 6.07) is 0. The van der Waals surface area contributed by atoms with Crippen molar-refractivity contribution in [3.8, 4) is 0 Å². The van der Waals surface area contributed by atoms with Crippen molar-refractivity contribution >= 4 is 22.8 Å². The lowest BCUT2D eigenvalue weighted by Crippen LogP contribution is -2.16. The molecule has 0 radical (unpaired) electrons. The average molecular weight is 173 g/mol. The second-order valence-electron chi connectivity index (χ2n) is 2.09. The van der Waals surface area contributed by atoms with Gasteiger partial charge in [-0.3, -0.25) is 9.59 Å². The van der Waals surface area contributed by atoms with E-state index < -0.39 is 0 Å². The smallest absolute Gasteiger partial charge is 0.221 e. The first-order valence-electron chi connectivity index (χ1n) is 3.14. The number of rotatable bonds is 2. The first kappa shape index (κ1) is 10.2. The van der Waals surface area contributed by atoms with E-state index in [-0.39, 0.29) is 11.0 Å². The summed E-state index contributed by atoms with van der Waals surface area (Å²) in [5, 5.41) is 4.17. The molecule has 0 heterocycles. The predicted molar refractivity (Wildman–Crippen MR) is 45.8 cm³/mol. The summed E-state index contributed by atoms with van der Waals surface area (Å²) in [6.07, 6.45) is 0. The summed E-state index contributed by atoms with van der Waals surface area (Å²) in [5.74, 6) is -0.122. The number of hydrogen-bond donors (Lipinski definition) is 1. The Bertz CT molecular complexity index is 199. The minimum absolute atomic E-state index is 0.00898. The summed E-state index contributed by atoms with van der Waals surface area (Å²) in [6.45, 7) is 4.63. The Morgan fingerprint density at radius 1 is 1.27 bits per heavy atom. The van der Waals surface area contributed by atoms with E-state index in [2.05, 4.69) is 5.32 Å². The Morgan fingerprint density at radius 3 is 2.18 bits per heavy atom. The van der Waals surface area contributed by atoms with Crippen molar-refractivity contribution in [3.05, 3.63) is 11.1 Å². The van der Waals surface area contributed by atoms with E-state index in [0.29, 0.717) is 5.70 Å². The Balaban J connectivity index is 3.81. The van der Waals surface area contributed by atoms with Gasteiger partial charge in [0.25, 0.3) is 0 Å². The van der Waals surface area contributed by atoms with E-state index in [0.717, 1.165) is 11.8 Å². The van der Waals surface area contributed by atoms with E-state index >= 15 is 0 Å². The van der Waals surface area contributed by atoms with Gasteiger partial charge >= 0.3 is 0 Å². The highest BCUT2D eigenvalue weighted by Gasteiger charge is 1.93. The highest BCUT2D eigenvalue weighted by atomic mass is 32.2. The van der Waals surface area contributed by atoms with Gasteiger partial charge in [-0.05, 0) is 12.3 Å². The number of carbonyl (C=O) groups is 2. The molecule has 1 amide bonds. The molecule has 62 valence electrons. The minimum atomic E-state index is -0.122. The van der Waals surface area contributed by atoms with Crippen LogP contribution in [0.5, 0.6) is 0 Å². The van der Waals surface area contributed by atoms with Crippen LogP contribution in [0.25, 0.3) is 0 Å². The maximum Gasteiger partial charge on any atom is 0.221 e. The molecule has 4 heteroatoms. The fraction of sp³-hybridized carbons (Fsp3) is 0.429. The molecule has 0 fully saturated rings. The second kappa shape index (κ2) is 4.96. The molecule has 0 aliphatic rings. The highest BCUT2D eigenvalue weighted by molar-refractivity contribution is 8.16. The SMILES string of the molecule is CC(=O)N/C(C)=C/SC(C)=O. The molecule has 0 bridgehead atoms. The normalized spacial score (nSPS) is 11.0. The zero-order chi connectivity index (χ0) is 8.85. The molecular formula is C7H11NO2S. The molecule has 0 unspecified atom stereocenters. The molecule has 3 nitrogen and oxygen atoms in total. The van der Waals surface area contributed by atoms with Crippen LogP contribution in [-0.4, -0.2) is 11.0 Å². The molecule has 0 aromatic heterocycles. The van der Waals surface area contributed by atoms with Crippen molar-refractivity contribution in [2.75, 3.05) is 0 Å². The standard InChI is InChI=1S/C7H11NO2S/c1-5(8-6(2)9)4-11-7(3)10/h4H,1-3H3,(H,8,9)/b5-4+. The molecule has 0 saturated heterocycles. The van der Waals surface area contributed by atoms with Gasteiger partial charge < -0.3 is 5.32 Å². The zero-order valence-corrected chi connectivity index (χ0v) is 7.62. The third kappa shape index (κ3) is 7.12. The number of thioether (sulfide) groups is 1. The average Bonchev–Trinajstić information content (AvgIpc) is 1.82. The predicted octanol–water partition coefficient (Wildman–Crippen LogP) is 1.26. The van der Waals surface area contributed by atoms with E-state index in [1.54, 1.807) is 12.3 Å². The molecule has 0 saturated carbocycles. The summed E-state index contributed by atoms with van der Waals surface area (Å²) in [7, 11) is 0. The molecule has 0 aromatic rings. The Hall–Kier alpha value is -0.770. The lowest BCUT2D eigenvalue weighted by Gasteiger charge is -1.98. The summed E-state index contributed by atoms with van der Waals surface area (Å²) < 4.78 is 0. The van der Waals surface area contributed by atoms with Crippen molar-refractivity contribution in [3.63, 3.8) is 0 Å². The fourth-order valence-corrected chi connectivity index (χ4v) is 0.880. The number of amides is 1. The van der Waals surface area contributed by atoms with Crippen molar-refractivity contribution in [1.29, 1.82) is 0 Å². The van der Waals surface area contributed by atoms with Gasteiger partial charge in [0.15, 0.2) is 5.12 Å². The quantitative estimate of drug-likeness (QED) is 0.684. The maximum atomic E-state index is 10.5. The number of carbonyl (C=O) groups excluding carboxylic acids is 2. The van der Waals surface area contributed by atoms with Gasteiger partial charge in [-0.1, -0.05) is 11.8 Å². The first-order valence-corrected chi connectivity index (χ1v) is 4.02. The van der Waals surface area contributed by atoms with Gasteiger partial charge in [-0.15, -0.1) is 0 Å². The topological polar surface area (TPSA) is 46.2 Å². The molecule has 0 aliphatic carbocycles. The molecule has 0 atom stereocenters. The fourth-order valence-electron chi connectivity index (χ4n) is 0.478. The van der Waals surface area contributed by atoms with Crippen LogP contribution in [0.3, 0.4) is 0 Å². The van der Waals surface area contributed by atoms with Gasteiger partial charge in [-0.2, -0.15) is 0 Å². The van der Waals surface area contributed by atoms with Crippen LogP contribution in [0.1, 0.15) is 20.8 Å². The molecule has 1 N–H and O–H groups in total. The van der Waals surface area contributed by atoms with E-state index in [4.69, 9.17) is 0 Å². The number of allylic oxidation sites excluding steroid dienone is 1. The molecule has 0 rings (SSSR count). The van der Waals surface area contributed by atoms with Crippen LogP contribution in [-0.2, 0) is 9.59 Å². The zero-order valence-electron chi connectivity index (χ0n) is 6.80. The van der Waals surface area contributed by atoms with Gasteiger partial charge in [0.1, 0.15) is 0 Å². The number of hydrogen-bond acceptors (Lipinski definition) is 3. The van der Waals surface area contributed by atoms with E-state index in [9.17, 15) is 9.59 Å². The van der Waals surface area contributed by atoms with Crippen LogP contribution >= 0.6 is 11.8 Å². The van der Waals surface area contributed by atoms with Crippen molar-refractivity contribution < 1.29 is 9.59 Å². The van der Waals surface area contributed by atoms with E-state index in [1.165, 1.54) is 13.8 Å². The molecular weight excluding hydrogens is 162 g/mol. The van der Waals surface area contributed by atoms with Crippen LogP contribution in [0.4, 0.5) is 0 Å². The summed E-state index contributed by atoms with van der Waals surface area (Å²) in [4.78, 5) is 20.9. The lowest BCUT2D eigenvalue weighted by atomic mass is 10.5. The van der Waals surface area contributed by atoms with Gasteiger partial charge in [0.2, 0.25) is 5.91 Å². The Morgan fingerprint density at radius 2 is 1.82 bits per heavy atom. The minimum Gasteiger partial charge on any atom is -0.330 e. The number of nitrogens with one attached hydrogen (secondary N) is 1. The Kier molecular flexibility index (Phi) is 4.61. The second-order valence-corrected chi connectivity index (χ2v) is 3.14. The first-order chi connectivity index (χ1) is 5.02. The van der Waals surface area contributed by atoms with Gasteiger partial charge in [-0.25, -0.2) is 0 Å². The lowest BCUT2D eigenvalue weighted by molar-refractivity contribution is -0.118. The van der Waals surface area contributed by atoms with Crippen LogP contribution in [0, 0.1) is 0 Å². The van der Waals surface area contributed by atoms with Crippen LogP contribution < -0.4 is 5.32 Å². The van der Waals surface area contributed by atoms with Crippen molar-refractivity contribution in [2.45, 2.75) is 20.8 Å². The molecule has 0 spiro atoms. The highest BCUT2D eigenvalue weighted by Crippen LogP contribution is 2.05. The molecule has 0 aliphatic heterocycles. The third-order valence-corrected chi connectivity index (χ3v) is 1.58. The molecule has 11 heavy (non-hydrogen) atoms. The van der Waals surface area contributed by atoms with Crippen LogP contribution in [0.2, 0.25) is 0 Å². The van der Waals surface area contributed by atoms with Gasteiger partial charge in [0, 0.05) is 19.5 Å². The molecule has 0 aromatic carbocycles. The third-order valence-electron chi connectivity index (χ3n) is 0.775. The Labute approximate surface area is 70.2 Å². The summed E-state index contributed by atoms with van der Waals surface area (Å²) in [5.41, 5.74) is 0.692.